The van der Waals surface area contributed by atoms with Gasteiger partial charge in [0.25, 0.3) is 0 Å². The van der Waals surface area contributed by atoms with Gasteiger partial charge in [0, 0.05) is 59.7 Å². The van der Waals surface area contributed by atoms with Gasteiger partial charge in [-0.25, -0.2) is 4.79 Å². The molecule has 0 amide bonds. The minimum atomic E-state index is -1.27. The molecule has 4 aliphatic rings. The van der Waals surface area contributed by atoms with Crippen LogP contribution < -0.4 is 37.6 Å². The Labute approximate surface area is 336 Å². The first-order valence-electron chi connectivity index (χ1n) is 19.8. The average Bonchev–Trinajstić information content (AvgIpc) is 3.20. The number of allylic oxidation sites excluding steroid dienone is 5. The van der Waals surface area contributed by atoms with Crippen LogP contribution in [0.2, 0.25) is 0 Å². The van der Waals surface area contributed by atoms with E-state index in [-0.39, 0.29) is 52.3 Å². The van der Waals surface area contributed by atoms with Crippen molar-refractivity contribution in [1.82, 2.24) is 16.0 Å². The van der Waals surface area contributed by atoms with E-state index in [1.807, 2.05) is 31.4 Å². The molecule has 3 aromatic rings. The van der Waals surface area contributed by atoms with Gasteiger partial charge >= 0.3 is 5.97 Å². The lowest BCUT2D eigenvalue weighted by atomic mass is 9.68. The topological polar surface area (TPSA) is 235 Å². The number of aromatic hydroxyl groups is 2. The Bertz CT molecular complexity index is 2310. The van der Waals surface area contributed by atoms with Gasteiger partial charge in [-0.3, -0.25) is 4.79 Å². The smallest absolute Gasteiger partial charge is 0.334 e. The molecule has 0 saturated heterocycles. The predicted octanol–water partition coefficient (Wildman–Crippen LogP) is 3.55. The third kappa shape index (κ3) is 7.48. The second-order valence-corrected chi connectivity index (χ2v) is 15.6. The molecular weight excluding hydrogens is 743 g/mol. The summed E-state index contributed by atoms with van der Waals surface area (Å²) in [6, 6.07) is 7.73. The van der Waals surface area contributed by atoms with Crippen molar-refractivity contribution in [3.63, 3.8) is 0 Å². The lowest BCUT2D eigenvalue weighted by molar-refractivity contribution is -0.165. The molecule has 308 valence electrons. The van der Waals surface area contributed by atoms with Crippen molar-refractivity contribution < 1.29 is 39.1 Å². The molecule has 4 aliphatic heterocycles. The molecule has 6 unspecified atom stereocenters. The number of aliphatic hydroxyl groups is 2. The molecular formula is C44H53N5O9. The maximum Gasteiger partial charge on any atom is 0.334 e. The van der Waals surface area contributed by atoms with Crippen molar-refractivity contribution in [2.24, 2.45) is 17.4 Å². The number of benzene rings is 2. The number of phenolic OH excluding ortho intramolecular Hbond substituents is 2. The second-order valence-electron chi connectivity index (χ2n) is 15.6. The van der Waals surface area contributed by atoms with Gasteiger partial charge in [0.15, 0.2) is 5.43 Å². The van der Waals surface area contributed by atoms with E-state index < -0.39 is 53.9 Å². The highest BCUT2D eigenvalue weighted by molar-refractivity contribution is 5.92. The fourth-order valence-corrected chi connectivity index (χ4v) is 8.99. The third-order valence-electron chi connectivity index (χ3n) is 12.1. The fraction of sp³-hybridized carbons (Fsp3) is 0.409. The quantitative estimate of drug-likeness (QED) is 0.0998. The summed E-state index contributed by atoms with van der Waals surface area (Å²) in [6.45, 7) is 3.57. The summed E-state index contributed by atoms with van der Waals surface area (Å²) in [4.78, 5) is 28.1. The number of nitrogens with two attached hydrogens (primary N) is 2. The lowest BCUT2D eigenvalue weighted by Crippen LogP contribution is -2.56. The number of nitrogens with one attached hydrogen (secondary N) is 3. The van der Waals surface area contributed by atoms with E-state index in [2.05, 4.69) is 16.0 Å². The average molecular weight is 796 g/mol. The maximum absolute atomic E-state index is 14.0. The van der Waals surface area contributed by atoms with Gasteiger partial charge in [-0.05, 0) is 93.6 Å². The van der Waals surface area contributed by atoms with E-state index in [1.165, 1.54) is 6.07 Å². The molecule has 0 radical (unpaired) electrons. The molecule has 0 saturated carbocycles. The maximum atomic E-state index is 14.0. The molecule has 2 bridgehead atoms. The van der Waals surface area contributed by atoms with E-state index >= 15 is 0 Å². The SMILES string of the molecule is CC=C(CCNC)C(=O)OC1Cc2c3c(c4oc(CO)cc(=O)c4c2O)C(C(CO)c2cccc(O)c2)C2=CCNC(N)=C2CCC(CC2=CNC(N)C=C2)C1(C)O3. The van der Waals surface area contributed by atoms with Crippen LogP contribution in [-0.4, -0.2) is 71.0 Å². The molecule has 0 aliphatic carbocycles. The van der Waals surface area contributed by atoms with Crippen molar-refractivity contribution in [3.05, 3.63) is 122 Å². The molecule has 0 fully saturated rings. The number of carbonyl (C=O) groups excluding carboxylic acids is 1. The Morgan fingerprint density at radius 2 is 2.03 bits per heavy atom. The number of rotatable bonds is 11. The number of esters is 1. The van der Waals surface area contributed by atoms with Crippen molar-refractivity contribution in [3.8, 4) is 17.2 Å². The van der Waals surface area contributed by atoms with Crippen molar-refractivity contribution in [2.45, 2.75) is 82.3 Å². The van der Waals surface area contributed by atoms with Gasteiger partial charge in [-0.2, -0.15) is 0 Å². The normalized spacial score (nSPS) is 24.8. The minimum Gasteiger partial charge on any atom is -0.508 e. The predicted molar refractivity (Wildman–Crippen MR) is 219 cm³/mol. The van der Waals surface area contributed by atoms with Crippen LogP contribution in [0, 0.1) is 5.92 Å². The van der Waals surface area contributed by atoms with Crippen LogP contribution in [0.3, 0.4) is 0 Å². The minimum absolute atomic E-state index is 0.00914. The van der Waals surface area contributed by atoms with Crippen LogP contribution in [0.1, 0.15) is 73.8 Å². The number of ether oxygens (including phenoxy) is 2. The van der Waals surface area contributed by atoms with Gasteiger partial charge in [0.05, 0.1) is 18.6 Å². The standard InChI is InChI=1S/C44H53N5O9/c1-4-24(12-14-47-3)43(55)57-34-19-31-39(54)37-33(53)18-28(21-50)56-41(37)38-36(32(22-51)25-6-5-7-27(52)17-25)29-13-15-48-42(46)30(29)10-9-26(44(34,2)58-40(31)38)16-23-8-11-35(45)49-20-23/h4-8,11,13,17-18,20,26,32,34-36,47-52,54H,9-10,12,14-16,19,21-22,45-46H2,1-3H3. The highest BCUT2D eigenvalue weighted by Gasteiger charge is 2.53. The molecule has 5 heterocycles. The molecule has 7 rings (SSSR count). The zero-order chi connectivity index (χ0) is 41.3. The Morgan fingerprint density at radius 3 is 2.72 bits per heavy atom. The number of fused-ring (bicyclic) bond motifs is 4. The fourth-order valence-electron chi connectivity index (χ4n) is 8.99. The molecule has 14 nitrogen and oxygen atoms in total. The Hall–Kier alpha value is -5.54. The number of aliphatic hydroxyl groups excluding tert-OH is 2. The summed E-state index contributed by atoms with van der Waals surface area (Å²) in [7, 11) is 1.80. The first-order chi connectivity index (χ1) is 27.9. The summed E-state index contributed by atoms with van der Waals surface area (Å²) >= 11 is 0. The number of hydrogen-bond donors (Lipinski definition) is 9. The van der Waals surface area contributed by atoms with Crippen LogP contribution in [0.15, 0.2) is 98.2 Å². The number of carbonyl (C=O) groups is 1. The molecule has 6 atom stereocenters. The Kier molecular flexibility index (Phi) is 11.7. The summed E-state index contributed by atoms with van der Waals surface area (Å²) in [5.41, 5.74) is 15.2. The largest absolute Gasteiger partial charge is 0.508 e. The van der Waals surface area contributed by atoms with Gasteiger partial charge < -0.3 is 61.7 Å². The van der Waals surface area contributed by atoms with Gasteiger partial charge in [0.2, 0.25) is 0 Å². The van der Waals surface area contributed by atoms with Crippen LogP contribution in [0.5, 0.6) is 17.2 Å². The molecule has 58 heavy (non-hydrogen) atoms. The molecule has 14 heteroatoms. The lowest BCUT2D eigenvalue weighted by Gasteiger charge is -2.49. The highest BCUT2D eigenvalue weighted by atomic mass is 16.6. The summed E-state index contributed by atoms with van der Waals surface area (Å²) < 4.78 is 20.2. The first-order valence-corrected chi connectivity index (χ1v) is 19.8. The van der Waals surface area contributed by atoms with Crippen LogP contribution in [0.25, 0.3) is 11.0 Å². The zero-order valence-electron chi connectivity index (χ0n) is 33.0. The highest BCUT2D eigenvalue weighted by Crippen LogP contribution is 2.57. The summed E-state index contributed by atoms with van der Waals surface area (Å²) in [6.07, 6.45) is 9.90. The number of dihydropyridines is 2. The summed E-state index contributed by atoms with van der Waals surface area (Å²) in [5, 5.41) is 54.0. The van der Waals surface area contributed by atoms with Crippen molar-refractivity contribution in [1.29, 1.82) is 0 Å². The molecule has 1 aromatic heterocycles. The van der Waals surface area contributed by atoms with E-state index in [0.29, 0.717) is 61.3 Å². The Balaban J connectivity index is 1.55. The molecule has 0 spiro atoms. The van der Waals surface area contributed by atoms with Crippen molar-refractivity contribution >= 4 is 16.9 Å². The van der Waals surface area contributed by atoms with Gasteiger partial charge in [0.1, 0.15) is 52.3 Å². The van der Waals surface area contributed by atoms with Gasteiger partial charge in [-0.15, -0.1) is 0 Å². The van der Waals surface area contributed by atoms with E-state index in [1.54, 1.807) is 38.2 Å². The van der Waals surface area contributed by atoms with Crippen LogP contribution in [0.4, 0.5) is 0 Å². The second kappa shape index (κ2) is 16.7. The monoisotopic (exact) mass is 795 g/mol. The van der Waals surface area contributed by atoms with E-state index in [4.69, 9.17) is 25.4 Å². The number of hydrogen-bond acceptors (Lipinski definition) is 14. The van der Waals surface area contributed by atoms with Crippen LogP contribution in [-0.2, 0) is 22.6 Å². The zero-order valence-corrected chi connectivity index (χ0v) is 33.0. The Morgan fingerprint density at radius 1 is 1.22 bits per heavy atom. The molecule has 11 N–H and O–H groups in total. The third-order valence-corrected chi connectivity index (χ3v) is 12.1. The van der Waals surface area contributed by atoms with E-state index in [0.717, 1.165) is 22.8 Å². The molecule has 2 aromatic carbocycles. The van der Waals surface area contributed by atoms with E-state index in [9.17, 15) is 30.0 Å². The van der Waals surface area contributed by atoms with Crippen LogP contribution >= 0.6 is 0 Å². The van der Waals surface area contributed by atoms with Gasteiger partial charge in [-0.1, -0.05) is 30.4 Å². The number of phenols is 2. The summed E-state index contributed by atoms with van der Waals surface area (Å²) in [5.74, 6) is -2.27. The van der Waals surface area contributed by atoms with Crippen molar-refractivity contribution in [2.75, 3.05) is 26.7 Å². The first kappa shape index (κ1) is 40.6.